The van der Waals surface area contributed by atoms with Gasteiger partial charge in [-0.05, 0) is 36.6 Å². The van der Waals surface area contributed by atoms with Crippen molar-refractivity contribution in [2.75, 3.05) is 64.8 Å². The first-order valence-corrected chi connectivity index (χ1v) is 10.7. The average molecular weight is 402 g/mol. The number of hydrogen-bond donors (Lipinski definition) is 2. The molecule has 0 aromatic heterocycles. The summed E-state index contributed by atoms with van der Waals surface area (Å²) in [6.45, 7) is 9.92. The number of nitrogens with one attached hydrogen (secondary N) is 2. The van der Waals surface area contributed by atoms with Crippen LogP contribution in [0.5, 0.6) is 0 Å². The summed E-state index contributed by atoms with van der Waals surface area (Å²) in [5, 5.41) is 5.57. The van der Waals surface area contributed by atoms with Gasteiger partial charge in [0, 0.05) is 58.5 Å². The second-order valence-corrected chi connectivity index (χ2v) is 8.73. The summed E-state index contributed by atoms with van der Waals surface area (Å²) in [6, 6.07) is 6.72. The number of amides is 2. The van der Waals surface area contributed by atoms with E-state index in [0.29, 0.717) is 19.0 Å². The van der Waals surface area contributed by atoms with Crippen molar-refractivity contribution in [3.8, 4) is 0 Å². The van der Waals surface area contributed by atoms with Crippen molar-refractivity contribution in [3.63, 3.8) is 0 Å². The summed E-state index contributed by atoms with van der Waals surface area (Å²) in [7, 11) is 4.26. The highest BCUT2D eigenvalue weighted by molar-refractivity contribution is 6.35. The number of likely N-dealkylation sites (N-methyl/N-ethyl adjacent to an activating group) is 2. The summed E-state index contributed by atoms with van der Waals surface area (Å²) in [5.41, 5.74) is 3.87. The van der Waals surface area contributed by atoms with Crippen LogP contribution in [0.4, 0.5) is 5.69 Å². The number of carbonyl (C=O) groups is 2. The molecule has 1 fully saturated rings. The molecule has 2 N–H and O–H groups in total. The van der Waals surface area contributed by atoms with Crippen LogP contribution in [0, 0.1) is 5.92 Å². The lowest BCUT2D eigenvalue weighted by Gasteiger charge is -2.38. The molecule has 1 saturated heterocycles. The van der Waals surface area contributed by atoms with Crippen LogP contribution in [0.15, 0.2) is 18.2 Å². The van der Waals surface area contributed by atoms with Crippen molar-refractivity contribution in [1.82, 2.24) is 20.4 Å². The molecule has 0 radical (unpaired) electrons. The molecule has 3 rings (SSSR count). The zero-order valence-electron chi connectivity index (χ0n) is 18.2. The SMILES string of the molecule is CC(C)CNC(=O)C(=O)NC[C@H](c1ccc2c(c1)CCN2C)N1CCN(C)CC1. The van der Waals surface area contributed by atoms with Gasteiger partial charge in [0.15, 0.2) is 0 Å². The molecular weight excluding hydrogens is 366 g/mol. The van der Waals surface area contributed by atoms with Crippen LogP contribution in [-0.2, 0) is 16.0 Å². The highest BCUT2D eigenvalue weighted by Gasteiger charge is 2.27. The van der Waals surface area contributed by atoms with Gasteiger partial charge in [-0.1, -0.05) is 26.0 Å². The van der Waals surface area contributed by atoms with Crippen molar-refractivity contribution >= 4 is 17.5 Å². The van der Waals surface area contributed by atoms with E-state index in [1.54, 1.807) is 0 Å². The first-order valence-electron chi connectivity index (χ1n) is 10.7. The van der Waals surface area contributed by atoms with E-state index in [9.17, 15) is 9.59 Å². The number of rotatable bonds is 6. The fourth-order valence-electron chi connectivity index (χ4n) is 4.03. The molecule has 1 aromatic carbocycles. The van der Waals surface area contributed by atoms with E-state index in [4.69, 9.17) is 0 Å². The maximum Gasteiger partial charge on any atom is 0.309 e. The Bertz CT molecular complexity index is 728. The third-order valence-corrected chi connectivity index (χ3v) is 5.93. The molecule has 2 amide bonds. The summed E-state index contributed by atoms with van der Waals surface area (Å²) >= 11 is 0. The molecule has 1 aromatic rings. The first-order chi connectivity index (χ1) is 13.8. The summed E-state index contributed by atoms with van der Waals surface area (Å²) in [4.78, 5) is 31.4. The van der Waals surface area contributed by atoms with Crippen molar-refractivity contribution in [2.24, 2.45) is 5.92 Å². The first kappa shape index (κ1) is 21.6. The normalized spacial score (nSPS) is 18.6. The van der Waals surface area contributed by atoms with E-state index in [2.05, 4.69) is 57.6 Å². The van der Waals surface area contributed by atoms with E-state index < -0.39 is 11.8 Å². The topological polar surface area (TPSA) is 67.9 Å². The van der Waals surface area contributed by atoms with Crippen molar-refractivity contribution in [1.29, 1.82) is 0 Å². The predicted octanol–water partition coefficient (Wildman–Crippen LogP) is 0.856. The second kappa shape index (κ2) is 9.59. The Morgan fingerprint density at radius 2 is 1.62 bits per heavy atom. The molecule has 0 spiro atoms. The lowest BCUT2D eigenvalue weighted by molar-refractivity contribution is -0.139. The van der Waals surface area contributed by atoms with E-state index in [-0.39, 0.29) is 6.04 Å². The minimum atomic E-state index is -0.550. The largest absolute Gasteiger partial charge is 0.374 e. The molecule has 0 saturated carbocycles. The number of nitrogens with zero attached hydrogens (tertiary/aromatic N) is 3. The van der Waals surface area contributed by atoms with Gasteiger partial charge >= 0.3 is 11.8 Å². The number of benzene rings is 1. The second-order valence-electron chi connectivity index (χ2n) is 8.73. The molecule has 7 nitrogen and oxygen atoms in total. The van der Waals surface area contributed by atoms with E-state index in [0.717, 1.165) is 39.1 Å². The number of piperazine rings is 1. The number of hydrogen-bond acceptors (Lipinski definition) is 5. The Kier molecular flexibility index (Phi) is 7.14. The monoisotopic (exact) mass is 401 g/mol. The quantitative estimate of drug-likeness (QED) is 0.692. The lowest BCUT2D eigenvalue weighted by Crippen LogP contribution is -2.50. The number of anilines is 1. The van der Waals surface area contributed by atoms with Gasteiger partial charge < -0.3 is 20.4 Å². The van der Waals surface area contributed by atoms with Crippen LogP contribution in [0.2, 0.25) is 0 Å². The molecule has 1 atom stereocenters. The zero-order chi connectivity index (χ0) is 21.0. The van der Waals surface area contributed by atoms with E-state index >= 15 is 0 Å². The molecular formula is C22H35N5O2. The van der Waals surface area contributed by atoms with Crippen LogP contribution in [0.25, 0.3) is 0 Å². The Morgan fingerprint density at radius 1 is 0.966 bits per heavy atom. The van der Waals surface area contributed by atoms with Gasteiger partial charge in [-0.2, -0.15) is 0 Å². The Labute approximate surface area is 174 Å². The minimum absolute atomic E-state index is 0.0711. The van der Waals surface area contributed by atoms with Gasteiger partial charge in [0.25, 0.3) is 0 Å². The van der Waals surface area contributed by atoms with Gasteiger partial charge in [-0.15, -0.1) is 0 Å². The standard InChI is InChI=1S/C22H35N5O2/c1-16(2)14-23-21(28)22(29)24-15-20(27-11-9-25(3)10-12-27)17-5-6-19-18(13-17)7-8-26(19)4/h5-6,13,16,20H,7-12,14-15H2,1-4H3,(H,23,28)(H,24,29)/t20-/m1/s1. The molecule has 7 heteroatoms. The van der Waals surface area contributed by atoms with Crippen LogP contribution in [0.3, 0.4) is 0 Å². The Hall–Kier alpha value is -2.12. The third kappa shape index (κ3) is 5.48. The highest BCUT2D eigenvalue weighted by Crippen LogP contribution is 2.31. The highest BCUT2D eigenvalue weighted by atomic mass is 16.2. The fraction of sp³-hybridized carbons (Fsp3) is 0.636. The van der Waals surface area contributed by atoms with E-state index in [1.807, 2.05) is 13.8 Å². The lowest BCUT2D eigenvalue weighted by atomic mass is 10.00. The number of carbonyl (C=O) groups excluding carboxylic acids is 2. The van der Waals surface area contributed by atoms with Crippen LogP contribution in [-0.4, -0.2) is 81.5 Å². The summed E-state index contributed by atoms with van der Waals surface area (Å²) < 4.78 is 0. The molecule has 0 aliphatic carbocycles. The van der Waals surface area contributed by atoms with Gasteiger partial charge in [-0.3, -0.25) is 14.5 Å². The maximum absolute atomic E-state index is 12.3. The molecule has 160 valence electrons. The molecule has 29 heavy (non-hydrogen) atoms. The van der Waals surface area contributed by atoms with Crippen LogP contribution in [0.1, 0.15) is 31.0 Å². The third-order valence-electron chi connectivity index (χ3n) is 5.93. The molecule has 0 unspecified atom stereocenters. The van der Waals surface area contributed by atoms with Gasteiger partial charge in [0.1, 0.15) is 0 Å². The van der Waals surface area contributed by atoms with Crippen LogP contribution < -0.4 is 15.5 Å². The maximum atomic E-state index is 12.3. The minimum Gasteiger partial charge on any atom is -0.374 e. The molecule has 2 aliphatic rings. The Morgan fingerprint density at radius 3 is 2.28 bits per heavy atom. The summed E-state index contributed by atoms with van der Waals surface area (Å²) in [6.07, 6.45) is 1.05. The molecule has 0 bridgehead atoms. The van der Waals surface area contributed by atoms with E-state index in [1.165, 1.54) is 16.8 Å². The number of fused-ring (bicyclic) bond motifs is 1. The fourth-order valence-corrected chi connectivity index (χ4v) is 4.03. The van der Waals surface area contributed by atoms with Crippen molar-refractivity contribution in [2.45, 2.75) is 26.3 Å². The van der Waals surface area contributed by atoms with Crippen molar-refractivity contribution < 1.29 is 9.59 Å². The Balaban J connectivity index is 1.70. The molecule has 2 heterocycles. The molecule has 2 aliphatic heterocycles. The summed E-state index contributed by atoms with van der Waals surface area (Å²) in [5.74, 6) is -0.786. The van der Waals surface area contributed by atoms with Crippen molar-refractivity contribution in [3.05, 3.63) is 29.3 Å². The van der Waals surface area contributed by atoms with Crippen LogP contribution >= 0.6 is 0 Å². The van der Waals surface area contributed by atoms with Gasteiger partial charge in [0.2, 0.25) is 0 Å². The smallest absolute Gasteiger partial charge is 0.309 e. The predicted molar refractivity (Wildman–Crippen MR) is 116 cm³/mol. The average Bonchev–Trinajstić information content (AvgIpc) is 3.07. The van der Waals surface area contributed by atoms with Gasteiger partial charge in [-0.25, -0.2) is 0 Å². The zero-order valence-corrected chi connectivity index (χ0v) is 18.2. The van der Waals surface area contributed by atoms with Gasteiger partial charge in [0.05, 0.1) is 6.04 Å².